The molecule has 1 amide bonds. The molecule has 0 unspecified atom stereocenters. The van der Waals surface area contributed by atoms with Crippen molar-refractivity contribution in [2.75, 3.05) is 12.8 Å². The number of para-hydroxylation sites is 1. The lowest BCUT2D eigenvalue weighted by Crippen LogP contribution is -2.25. The van der Waals surface area contributed by atoms with E-state index in [1.54, 1.807) is 11.8 Å². The topological polar surface area (TPSA) is 34.0 Å². The van der Waals surface area contributed by atoms with Gasteiger partial charge in [-0.05, 0) is 48.4 Å². The van der Waals surface area contributed by atoms with Crippen LogP contribution in [0.5, 0.6) is 0 Å². The van der Waals surface area contributed by atoms with Gasteiger partial charge in [0.05, 0.1) is 0 Å². The van der Waals surface area contributed by atoms with Gasteiger partial charge in [0, 0.05) is 42.0 Å². The van der Waals surface area contributed by atoms with E-state index >= 15 is 0 Å². The molecule has 0 aliphatic rings. The van der Waals surface area contributed by atoms with Crippen LogP contribution in [0.15, 0.2) is 59.6 Å². The molecule has 25 heavy (non-hydrogen) atoms. The van der Waals surface area contributed by atoms with Crippen LogP contribution >= 0.6 is 11.8 Å². The van der Waals surface area contributed by atoms with Gasteiger partial charge in [-0.3, -0.25) is 4.79 Å². The first kappa shape index (κ1) is 17.6. The maximum absolute atomic E-state index is 12.1. The molecule has 1 heterocycles. The van der Waals surface area contributed by atoms with Crippen molar-refractivity contribution in [1.82, 2.24) is 9.88 Å². The summed E-state index contributed by atoms with van der Waals surface area (Å²) in [5.41, 5.74) is 3.71. The Bertz CT molecular complexity index is 852. The number of amides is 1. The highest BCUT2D eigenvalue weighted by Crippen LogP contribution is 2.21. The van der Waals surface area contributed by atoms with Gasteiger partial charge in [-0.2, -0.15) is 0 Å². The van der Waals surface area contributed by atoms with E-state index in [1.807, 2.05) is 19.2 Å². The zero-order valence-electron chi connectivity index (χ0n) is 14.8. The minimum absolute atomic E-state index is 0.119. The van der Waals surface area contributed by atoms with Crippen molar-refractivity contribution in [3.8, 4) is 0 Å². The second-order valence-electron chi connectivity index (χ2n) is 6.23. The van der Waals surface area contributed by atoms with Gasteiger partial charge < -0.3 is 9.88 Å². The molecule has 1 aromatic heterocycles. The Morgan fingerprint density at radius 1 is 1.08 bits per heavy atom. The Hall–Kier alpha value is -2.20. The van der Waals surface area contributed by atoms with Crippen LogP contribution in [-0.4, -0.2) is 23.3 Å². The minimum Gasteiger partial charge on any atom is -0.356 e. The zero-order chi connectivity index (χ0) is 17.6. The van der Waals surface area contributed by atoms with E-state index in [2.05, 4.69) is 58.7 Å². The van der Waals surface area contributed by atoms with Crippen molar-refractivity contribution in [2.24, 2.45) is 7.05 Å². The molecule has 0 atom stereocenters. The van der Waals surface area contributed by atoms with E-state index in [0.717, 1.165) is 12.8 Å². The predicted octanol–water partition coefficient (Wildman–Crippen LogP) is 4.19. The third-order valence-corrected chi connectivity index (χ3v) is 5.24. The number of hydrogen-bond acceptors (Lipinski definition) is 2. The Labute approximate surface area is 153 Å². The summed E-state index contributed by atoms with van der Waals surface area (Å²) in [6.07, 6.45) is 6.38. The second-order valence-corrected chi connectivity index (χ2v) is 7.11. The molecule has 0 fully saturated rings. The third-order valence-electron chi connectivity index (χ3n) is 4.50. The van der Waals surface area contributed by atoms with Crippen molar-refractivity contribution in [1.29, 1.82) is 0 Å². The maximum Gasteiger partial charge on any atom is 0.220 e. The number of carbonyl (C=O) groups excluding carboxylic acids is 1. The first-order valence-electron chi connectivity index (χ1n) is 8.60. The van der Waals surface area contributed by atoms with E-state index in [4.69, 9.17) is 0 Å². The first-order chi connectivity index (χ1) is 12.2. The average Bonchev–Trinajstić information content (AvgIpc) is 2.97. The van der Waals surface area contributed by atoms with Gasteiger partial charge in [-0.25, -0.2) is 0 Å². The molecular formula is C21H24N2OS. The molecular weight excluding hydrogens is 328 g/mol. The fourth-order valence-electron chi connectivity index (χ4n) is 3.10. The number of hydrogen-bond donors (Lipinski definition) is 1. The summed E-state index contributed by atoms with van der Waals surface area (Å²) >= 11 is 1.74. The number of carbonyl (C=O) groups is 1. The highest BCUT2D eigenvalue weighted by molar-refractivity contribution is 7.98. The SMILES string of the molecule is CSc1ccc(CCNC(=O)CCc2cn(C)c3ccccc23)cc1. The zero-order valence-corrected chi connectivity index (χ0v) is 15.6. The van der Waals surface area contributed by atoms with Gasteiger partial charge in [0.2, 0.25) is 5.91 Å². The van der Waals surface area contributed by atoms with Crippen LogP contribution in [0.2, 0.25) is 0 Å². The van der Waals surface area contributed by atoms with Gasteiger partial charge >= 0.3 is 0 Å². The number of rotatable bonds is 7. The summed E-state index contributed by atoms with van der Waals surface area (Å²) < 4.78 is 2.13. The summed E-state index contributed by atoms with van der Waals surface area (Å²) in [7, 11) is 2.05. The summed E-state index contributed by atoms with van der Waals surface area (Å²) in [6.45, 7) is 0.687. The summed E-state index contributed by atoms with van der Waals surface area (Å²) in [5.74, 6) is 0.119. The molecule has 0 saturated heterocycles. The van der Waals surface area contributed by atoms with Crippen molar-refractivity contribution in [3.05, 3.63) is 65.9 Å². The van der Waals surface area contributed by atoms with Crippen LogP contribution in [0, 0.1) is 0 Å². The monoisotopic (exact) mass is 352 g/mol. The van der Waals surface area contributed by atoms with Crippen molar-refractivity contribution < 1.29 is 4.79 Å². The standard InChI is InChI=1S/C21H24N2OS/c1-23-15-17(19-5-3-4-6-20(19)23)9-12-21(24)22-14-13-16-7-10-18(25-2)11-8-16/h3-8,10-11,15H,9,12-14H2,1-2H3,(H,22,24). The molecule has 2 aromatic carbocycles. The number of nitrogens with zero attached hydrogens (tertiary/aromatic N) is 1. The minimum atomic E-state index is 0.119. The molecule has 0 saturated carbocycles. The van der Waals surface area contributed by atoms with Gasteiger partial charge in [-0.15, -0.1) is 11.8 Å². The summed E-state index contributed by atoms with van der Waals surface area (Å²) in [4.78, 5) is 13.4. The smallest absolute Gasteiger partial charge is 0.220 e. The Morgan fingerprint density at radius 2 is 1.84 bits per heavy atom. The average molecular weight is 353 g/mol. The van der Waals surface area contributed by atoms with Gasteiger partial charge in [0.15, 0.2) is 0 Å². The van der Waals surface area contributed by atoms with Gasteiger partial charge in [-0.1, -0.05) is 30.3 Å². The van der Waals surface area contributed by atoms with E-state index in [9.17, 15) is 4.79 Å². The van der Waals surface area contributed by atoms with Crippen molar-refractivity contribution >= 4 is 28.6 Å². The van der Waals surface area contributed by atoms with E-state index in [-0.39, 0.29) is 5.91 Å². The Morgan fingerprint density at radius 3 is 2.60 bits per heavy atom. The number of thioether (sulfide) groups is 1. The van der Waals surface area contributed by atoms with Crippen LogP contribution in [0.25, 0.3) is 10.9 Å². The molecule has 0 aliphatic heterocycles. The number of aromatic nitrogens is 1. The molecule has 3 aromatic rings. The van der Waals surface area contributed by atoms with Crippen molar-refractivity contribution in [3.63, 3.8) is 0 Å². The van der Waals surface area contributed by atoms with Crippen LogP contribution in [0.4, 0.5) is 0 Å². The lowest BCUT2D eigenvalue weighted by Gasteiger charge is -2.06. The Balaban J connectivity index is 1.47. The number of nitrogens with one attached hydrogen (secondary N) is 1. The predicted molar refractivity (Wildman–Crippen MR) is 106 cm³/mol. The quantitative estimate of drug-likeness (QED) is 0.647. The number of benzene rings is 2. The Kier molecular flexibility index (Phi) is 5.82. The largest absolute Gasteiger partial charge is 0.356 e. The molecule has 0 bridgehead atoms. The van der Waals surface area contributed by atoms with E-state index in [1.165, 1.54) is 26.9 Å². The molecule has 4 heteroatoms. The second kappa shape index (κ2) is 8.26. The maximum atomic E-state index is 12.1. The fraction of sp³-hybridized carbons (Fsp3) is 0.286. The highest BCUT2D eigenvalue weighted by atomic mass is 32.2. The van der Waals surface area contributed by atoms with Crippen LogP contribution in [0.3, 0.4) is 0 Å². The van der Waals surface area contributed by atoms with Crippen LogP contribution in [-0.2, 0) is 24.7 Å². The normalized spacial score (nSPS) is 11.0. The first-order valence-corrected chi connectivity index (χ1v) is 9.82. The van der Waals surface area contributed by atoms with E-state index < -0.39 is 0 Å². The number of fused-ring (bicyclic) bond motifs is 1. The molecule has 130 valence electrons. The molecule has 0 aliphatic carbocycles. The summed E-state index contributed by atoms with van der Waals surface area (Å²) in [5, 5.41) is 4.28. The summed E-state index contributed by atoms with van der Waals surface area (Å²) in [6, 6.07) is 16.9. The lowest BCUT2D eigenvalue weighted by molar-refractivity contribution is -0.121. The molecule has 1 N–H and O–H groups in total. The van der Waals surface area contributed by atoms with Crippen LogP contribution in [0.1, 0.15) is 17.5 Å². The molecule has 3 rings (SSSR count). The van der Waals surface area contributed by atoms with Crippen molar-refractivity contribution in [2.45, 2.75) is 24.2 Å². The molecule has 0 spiro atoms. The number of aryl methyl sites for hydroxylation is 2. The molecule has 3 nitrogen and oxygen atoms in total. The fourth-order valence-corrected chi connectivity index (χ4v) is 3.51. The van der Waals surface area contributed by atoms with Crippen LogP contribution < -0.4 is 5.32 Å². The van der Waals surface area contributed by atoms with Gasteiger partial charge in [0.1, 0.15) is 0 Å². The third kappa shape index (κ3) is 4.45. The lowest BCUT2D eigenvalue weighted by atomic mass is 10.1. The van der Waals surface area contributed by atoms with E-state index in [0.29, 0.717) is 13.0 Å². The highest BCUT2D eigenvalue weighted by Gasteiger charge is 2.08. The van der Waals surface area contributed by atoms with Gasteiger partial charge in [0.25, 0.3) is 0 Å². The molecule has 0 radical (unpaired) electrons.